The molecule has 0 saturated heterocycles. The van der Waals surface area contributed by atoms with Crippen LogP contribution >= 0.6 is 0 Å². The van der Waals surface area contributed by atoms with Crippen LogP contribution in [0.15, 0.2) is 18.3 Å². The second-order valence-electron chi connectivity index (χ2n) is 4.63. The summed E-state index contributed by atoms with van der Waals surface area (Å²) in [7, 11) is 0. The quantitative estimate of drug-likeness (QED) is 0.674. The maximum Gasteiger partial charge on any atom is 0.334 e. The topological polar surface area (TPSA) is 99.9 Å². The second-order valence-corrected chi connectivity index (χ2v) is 4.63. The van der Waals surface area contributed by atoms with Crippen molar-refractivity contribution in [2.75, 3.05) is 5.73 Å². The summed E-state index contributed by atoms with van der Waals surface area (Å²) in [5, 5.41) is 15.3. The van der Waals surface area contributed by atoms with Gasteiger partial charge in [-0.15, -0.1) is 0 Å². The van der Waals surface area contributed by atoms with Gasteiger partial charge in [-0.1, -0.05) is 13.8 Å². The maximum atomic E-state index is 11.1. The van der Waals surface area contributed by atoms with Crippen molar-refractivity contribution in [3.63, 3.8) is 0 Å². The third-order valence-electron chi connectivity index (χ3n) is 2.77. The van der Waals surface area contributed by atoms with Crippen LogP contribution in [0.3, 0.4) is 0 Å². The number of rotatable bonds is 3. The first-order valence-corrected chi connectivity index (χ1v) is 5.87. The van der Waals surface area contributed by atoms with Crippen molar-refractivity contribution in [1.29, 1.82) is 0 Å². The summed E-state index contributed by atoms with van der Waals surface area (Å²) < 4.78 is 1.32. The van der Waals surface area contributed by atoms with Crippen molar-refractivity contribution in [2.24, 2.45) is 0 Å². The standard InChI is InChI=1S/C12H15N5O2/c1-7(2)10-11(17(18)19)12(13)16(15-10)9-6-8(3)4-5-14-9/h4-7H,13H2,1-3H3. The average Bonchev–Trinajstić information content (AvgIpc) is 2.67. The molecular formula is C12H15N5O2. The number of aromatic nitrogens is 3. The first-order chi connectivity index (χ1) is 8.91. The molecule has 0 aliphatic rings. The lowest BCUT2D eigenvalue weighted by atomic mass is 10.1. The SMILES string of the molecule is Cc1ccnc(-n2nc(C(C)C)c([N+](=O)[O-])c2N)c1. The van der Waals surface area contributed by atoms with Crippen molar-refractivity contribution in [2.45, 2.75) is 26.7 Å². The van der Waals surface area contributed by atoms with E-state index in [1.807, 2.05) is 26.8 Å². The number of hydrogen-bond donors (Lipinski definition) is 1. The van der Waals surface area contributed by atoms with Gasteiger partial charge < -0.3 is 5.73 Å². The monoisotopic (exact) mass is 261 g/mol. The molecule has 19 heavy (non-hydrogen) atoms. The minimum absolute atomic E-state index is 0.00630. The normalized spacial score (nSPS) is 10.9. The minimum Gasteiger partial charge on any atom is -0.378 e. The number of nitrogens with zero attached hydrogens (tertiary/aromatic N) is 4. The molecule has 2 N–H and O–H groups in total. The van der Waals surface area contributed by atoms with E-state index < -0.39 is 4.92 Å². The molecule has 0 fully saturated rings. The molecule has 0 spiro atoms. The van der Waals surface area contributed by atoms with Gasteiger partial charge in [-0.25, -0.2) is 4.98 Å². The number of hydrogen-bond acceptors (Lipinski definition) is 5. The number of nitro groups is 1. The first kappa shape index (κ1) is 13.0. The predicted octanol–water partition coefficient (Wildman–Crippen LogP) is 2.19. The van der Waals surface area contributed by atoms with E-state index in [1.54, 1.807) is 12.3 Å². The Morgan fingerprint density at radius 3 is 2.63 bits per heavy atom. The number of nitrogen functional groups attached to an aromatic ring is 1. The van der Waals surface area contributed by atoms with Crippen LogP contribution < -0.4 is 5.73 Å². The maximum absolute atomic E-state index is 11.1. The van der Waals surface area contributed by atoms with Crippen LogP contribution in [-0.4, -0.2) is 19.7 Å². The summed E-state index contributed by atoms with van der Waals surface area (Å²) >= 11 is 0. The van der Waals surface area contributed by atoms with Crippen molar-refractivity contribution in [1.82, 2.24) is 14.8 Å². The van der Waals surface area contributed by atoms with Crippen LogP contribution in [0.1, 0.15) is 31.0 Å². The van der Waals surface area contributed by atoms with Crippen LogP contribution in [-0.2, 0) is 0 Å². The molecule has 0 aromatic carbocycles. The second kappa shape index (κ2) is 4.68. The Balaban J connectivity index is 2.66. The van der Waals surface area contributed by atoms with Gasteiger partial charge in [-0.2, -0.15) is 9.78 Å². The Morgan fingerprint density at radius 1 is 1.47 bits per heavy atom. The molecule has 0 atom stereocenters. The molecule has 0 unspecified atom stereocenters. The minimum atomic E-state index is -0.496. The third-order valence-corrected chi connectivity index (χ3v) is 2.77. The van der Waals surface area contributed by atoms with Gasteiger partial charge in [0.1, 0.15) is 5.69 Å². The summed E-state index contributed by atoms with van der Waals surface area (Å²) in [5.41, 5.74) is 7.05. The van der Waals surface area contributed by atoms with E-state index in [9.17, 15) is 10.1 Å². The molecule has 2 rings (SSSR count). The van der Waals surface area contributed by atoms with E-state index in [-0.39, 0.29) is 17.4 Å². The molecule has 0 radical (unpaired) electrons. The Labute approximate surface area is 110 Å². The van der Waals surface area contributed by atoms with E-state index in [2.05, 4.69) is 10.1 Å². The van der Waals surface area contributed by atoms with Gasteiger partial charge in [-0.3, -0.25) is 10.1 Å². The zero-order valence-electron chi connectivity index (χ0n) is 11.0. The highest BCUT2D eigenvalue weighted by atomic mass is 16.6. The largest absolute Gasteiger partial charge is 0.378 e. The van der Waals surface area contributed by atoms with E-state index in [1.165, 1.54) is 4.68 Å². The summed E-state index contributed by atoms with van der Waals surface area (Å²) in [6.07, 6.45) is 1.62. The Bertz CT molecular complexity index is 633. The van der Waals surface area contributed by atoms with Crippen LogP contribution in [0.25, 0.3) is 5.82 Å². The summed E-state index contributed by atoms with van der Waals surface area (Å²) in [4.78, 5) is 14.8. The van der Waals surface area contributed by atoms with Crippen molar-refractivity contribution < 1.29 is 4.92 Å². The molecule has 100 valence electrons. The Kier molecular flexibility index (Phi) is 3.20. The lowest BCUT2D eigenvalue weighted by Gasteiger charge is -2.02. The van der Waals surface area contributed by atoms with Gasteiger partial charge in [-0.05, 0) is 24.6 Å². The van der Waals surface area contributed by atoms with E-state index in [0.29, 0.717) is 11.5 Å². The van der Waals surface area contributed by atoms with Gasteiger partial charge in [0.05, 0.1) is 4.92 Å². The molecule has 0 saturated carbocycles. The highest BCUT2D eigenvalue weighted by Crippen LogP contribution is 2.32. The van der Waals surface area contributed by atoms with E-state index in [4.69, 9.17) is 5.73 Å². The van der Waals surface area contributed by atoms with Crippen LogP contribution in [0.4, 0.5) is 11.5 Å². The molecule has 0 aliphatic carbocycles. The van der Waals surface area contributed by atoms with Crippen molar-refractivity contribution in [3.05, 3.63) is 39.7 Å². The molecular weight excluding hydrogens is 246 g/mol. The average molecular weight is 261 g/mol. The zero-order valence-corrected chi connectivity index (χ0v) is 11.0. The Hall–Kier alpha value is -2.44. The third kappa shape index (κ3) is 2.26. The Morgan fingerprint density at radius 2 is 2.16 bits per heavy atom. The van der Waals surface area contributed by atoms with Gasteiger partial charge >= 0.3 is 5.69 Å². The number of anilines is 1. The molecule has 7 heteroatoms. The van der Waals surface area contributed by atoms with Gasteiger partial charge in [0.25, 0.3) is 0 Å². The molecule has 2 heterocycles. The fraction of sp³-hybridized carbons (Fsp3) is 0.333. The molecule has 0 aliphatic heterocycles. The summed E-state index contributed by atoms with van der Waals surface area (Å²) in [6, 6.07) is 3.61. The van der Waals surface area contributed by atoms with Gasteiger partial charge in [0, 0.05) is 12.1 Å². The smallest absolute Gasteiger partial charge is 0.334 e. The highest BCUT2D eigenvalue weighted by molar-refractivity contribution is 5.60. The van der Waals surface area contributed by atoms with Crippen LogP contribution in [0.5, 0.6) is 0 Å². The lowest BCUT2D eigenvalue weighted by Crippen LogP contribution is -2.05. The van der Waals surface area contributed by atoms with Gasteiger partial charge in [0.15, 0.2) is 5.82 Å². The lowest BCUT2D eigenvalue weighted by molar-refractivity contribution is -0.384. The molecule has 0 amide bonds. The van der Waals surface area contributed by atoms with Gasteiger partial charge in [0.2, 0.25) is 5.82 Å². The predicted molar refractivity (Wildman–Crippen MR) is 71.3 cm³/mol. The molecule has 7 nitrogen and oxygen atoms in total. The van der Waals surface area contributed by atoms with Crippen LogP contribution in [0.2, 0.25) is 0 Å². The fourth-order valence-electron chi connectivity index (χ4n) is 1.83. The van der Waals surface area contributed by atoms with E-state index in [0.717, 1.165) is 5.56 Å². The molecule has 2 aromatic heterocycles. The summed E-state index contributed by atoms with van der Waals surface area (Å²) in [5.74, 6) is 0.396. The number of aryl methyl sites for hydroxylation is 1. The summed E-state index contributed by atoms with van der Waals surface area (Å²) in [6.45, 7) is 5.58. The molecule has 0 bridgehead atoms. The van der Waals surface area contributed by atoms with Crippen molar-refractivity contribution >= 4 is 11.5 Å². The first-order valence-electron chi connectivity index (χ1n) is 5.87. The molecule has 2 aromatic rings. The zero-order chi connectivity index (χ0) is 14.2. The van der Waals surface area contributed by atoms with Crippen molar-refractivity contribution in [3.8, 4) is 5.82 Å². The fourth-order valence-corrected chi connectivity index (χ4v) is 1.83. The number of pyridine rings is 1. The highest BCUT2D eigenvalue weighted by Gasteiger charge is 2.28. The van der Waals surface area contributed by atoms with E-state index >= 15 is 0 Å². The number of nitrogens with two attached hydrogens (primary N) is 1. The van der Waals surface area contributed by atoms with Crippen LogP contribution in [0, 0.1) is 17.0 Å².